The van der Waals surface area contributed by atoms with Gasteiger partial charge in [0.15, 0.2) is 0 Å². The zero-order valence-corrected chi connectivity index (χ0v) is 15.3. The van der Waals surface area contributed by atoms with E-state index in [-0.39, 0.29) is 0 Å². The van der Waals surface area contributed by atoms with Crippen molar-refractivity contribution in [1.29, 1.82) is 0 Å². The molecule has 4 rings (SSSR count). The highest BCUT2D eigenvalue weighted by atomic mass is 15.0. The summed E-state index contributed by atoms with van der Waals surface area (Å²) in [5.41, 5.74) is 8.27. The van der Waals surface area contributed by atoms with E-state index in [1.54, 1.807) is 0 Å². The topological polar surface area (TPSA) is 4.93 Å². The van der Waals surface area contributed by atoms with Gasteiger partial charge in [-0.25, -0.2) is 0 Å². The summed E-state index contributed by atoms with van der Waals surface area (Å²) >= 11 is 0. The lowest BCUT2D eigenvalue weighted by molar-refractivity contribution is 0.827. The third kappa shape index (κ3) is 2.74. The van der Waals surface area contributed by atoms with Crippen LogP contribution in [0.15, 0.2) is 60.7 Å². The third-order valence-electron chi connectivity index (χ3n) is 5.37. The Labute approximate surface area is 149 Å². The molecule has 4 aromatic rings. The average molecular weight is 327 g/mol. The van der Waals surface area contributed by atoms with E-state index in [1.807, 2.05) is 0 Å². The summed E-state index contributed by atoms with van der Waals surface area (Å²) in [6, 6.07) is 22.6. The van der Waals surface area contributed by atoms with E-state index in [9.17, 15) is 0 Å². The predicted molar refractivity (Wildman–Crippen MR) is 108 cm³/mol. The number of hydrogen-bond donors (Lipinski definition) is 0. The second kappa shape index (κ2) is 6.40. The third-order valence-corrected chi connectivity index (χ3v) is 5.37. The average Bonchev–Trinajstić information content (AvgIpc) is 2.96. The SMILES string of the molecule is CCc1ccc2c(c1)c1cc(Cc3ccccc3C)ccc1n2CC. The van der Waals surface area contributed by atoms with Crippen molar-refractivity contribution in [1.82, 2.24) is 4.57 Å². The summed E-state index contributed by atoms with van der Waals surface area (Å²) in [7, 11) is 0. The number of hydrogen-bond acceptors (Lipinski definition) is 0. The van der Waals surface area contributed by atoms with Crippen molar-refractivity contribution in [3.05, 3.63) is 82.9 Å². The molecule has 0 spiro atoms. The van der Waals surface area contributed by atoms with E-state index < -0.39 is 0 Å². The highest BCUT2D eigenvalue weighted by Crippen LogP contribution is 2.31. The van der Waals surface area contributed by atoms with Crippen LogP contribution in [0.3, 0.4) is 0 Å². The Morgan fingerprint density at radius 2 is 1.40 bits per heavy atom. The molecule has 1 aromatic heterocycles. The predicted octanol–water partition coefficient (Wildman–Crippen LogP) is 6.28. The number of rotatable bonds is 4. The van der Waals surface area contributed by atoms with Gasteiger partial charge in [0, 0.05) is 28.4 Å². The summed E-state index contributed by atoms with van der Waals surface area (Å²) in [5, 5.41) is 2.78. The number of aryl methyl sites for hydroxylation is 3. The van der Waals surface area contributed by atoms with Crippen LogP contribution in [-0.2, 0) is 19.4 Å². The minimum absolute atomic E-state index is 0.995. The molecule has 0 fully saturated rings. The van der Waals surface area contributed by atoms with E-state index >= 15 is 0 Å². The summed E-state index contributed by atoms with van der Waals surface area (Å²) < 4.78 is 2.43. The van der Waals surface area contributed by atoms with Gasteiger partial charge in [0.05, 0.1) is 0 Å². The van der Waals surface area contributed by atoms with Crippen molar-refractivity contribution in [3.8, 4) is 0 Å². The fourth-order valence-electron chi connectivity index (χ4n) is 3.90. The van der Waals surface area contributed by atoms with Gasteiger partial charge in [-0.15, -0.1) is 0 Å². The fourth-order valence-corrected chi connectivity index (χ4v) is 3.90. The van der Waals surface area contributed by atoms with E-state index in [4.69, 9.17) is 0 Å². The molecular formula is C24H25N. The zero-order chi connectivity index (χ0) is 17.4. The maximum Gasteiger partial charge on any atom is 0.0491 e. The van der Waals surface area contributed by atoms with Crippen molar-refractivity contribution >= 4 is 21.8 Å². The van der Waals surface area contributed by atoms with Crippen molar-refractivity contribution in [2.24, 2.45) is 0 Å². The van der Waals surface area contributed by atoms with E-state index in [0.717, 1.165) is 19.4 Å². The Kier molecular flexibility index (Phi) is 4.09. The molecule has 1 heteroatoms. The molecule has 0 radical (unpaired) electrons. The van der Waals surface area contributed by atoms with Crippen LogP contribution in [-0.4, -0.2) is 4.57 Å². The number of fused-ring (bicyclic) bond motifs is 3. The molecule has 0 aliphatic heterocycles. The van der Waals surface area contributed by atoms with Crippen molar-refractivity contribution in [2.75, 3.05) is 0 Å². The van der Waals surface area contributed by atoms with Gasteiger partial charge in [-0.05, 0) is 73.2 Å². The van der Waals surface area contributed by atoms with Crippen LogP contribution in [0.25, 0.3) is 21.8 Å². The van der Waals surface area contributed by atoms with Gasteiger partial charge < -0.3 is 4.57 Å². The summed E-state index contributed by atoms with van der Waals surface area (Å²) in [6.07, 6.45) is 2.08. The fraction of sp³-hybridized carbons (Fsp3) is 0.250. The Hall–Kier alpha value is -2.54. The molecule has 3 aromatic carbocycles. The van der Waals surface area contributed by atoms with Crippen LogP contribution in [0.2, 0.25) is 0 Å². The Balaban J connectivity index is 1.89. The smallest absolute Gasteiger partial charge is 0.0491 e. The Morgan fingerprint density at radius 1 is 0.760 bits per heavy atom. The molecule has 1 heterocycles. The second-order valence-electron chi connectivity index (χ2n) is 6.90. The molecule has 0 unspecified atom stereocenters. The van der Waals surface area contributed by atoms with Crippen LogP contribution in [0, 0.1) is 6.92 Å². The molecule has 25 heavy (non-hydrogen) atoms. The molecule has 0 saturated heterocycles. The van der Waals surface area contributed by atoms with Gasteiger partial charge in [-0.3, -0.25) is 0 Å². The molecule has 0 aliphatic rings. The summed E-state index contributed by atoms with van der Waals surface area (Å²) in [6.45, 7) is 7.66. The minimum Gasteiger partial charge on any atom is -0.341 e. The lowest BCUT2D eigenvalue weighted by Crippen LogP contribution is -1.94. The first-order chi connectivity index (χ1) is 12.2. The Bertz CT molecular complexity index is 1050. The molecule has 0 atom stereocenters. The standard InChI is InChI=1S/C24H25N/c1-4-18-10-12-23-21(15-18)22-16-19(11-13-24(22)25(23)5-2)14-20-9-7-6-8-17(20)3/h6-13,15-16H,4-5,14H2,1-3H3. The van der Waals surface area contributed by atoms with Gasteiger partial charge in [-0.2, -0.15) is 0 Å². The Morgan fingerprint density at radius 3 is 2.04 bits per heavy atom. The maximum atomic E-state index is 2.43. The van der Waals surface area contributed by atoms with Crippen LogP contribution >= 0.6 is 0 Å². The number of benzene rings is 3. The highest BCUT2D eigenvalue weighted by molar-refractivity contribution is 6.08. The first-order valence-electron chi connectivity index (χ1n) is 9.29. The lowest BCUT2D eigenvalue weighted by atomic mass is 9.99. The minimum atomic E-state index is 0.995. The molecule has 126 valence electrons. The number of nitrogens with zero attached hydrogens (tertiary/aromatic N) is 1. The quantitative estimate of drug-likeness (QED) is 0.416. The van der Waals surface area contributed by atoms with Crippen molar-refractivity contribution in [3.63, 3.8) is 0 Å². The maximum absolute atomic E-state index is 2.43. The van der Waals surface area contributed by atoms with E-state index in [2.05, 4.69) is 86.0 Å². The molecule has 0 amide bonds. The molecule has 1 nitrogen and oxygen atoms in total. The lowest BCUT2D eigenvalue weighted by Gasteiger charge is -2.07. The molecule has 0 N–H and O–H groups in total. The van der Waals surface area contributed by atoms with Crippen LogP contribution < -0.4 is 0 Å². The van der Waals surface area contributed by atoms with Crippen molar-refractivity contribution in [2.45, 2.75) is 40.2 Å². The first-order valence-corrected chi connectivity index (χ1v) is 9.29. The van der Waals surface area contributed by atoms with Gasteiger partial charge >= 0.3 is 0 Å². The van der Waals surface area contributed by atoms with Gasteiger partial charge in [0.1, 0.15) is 0 Å². The van der Waals surface area contributed by atoms with Crippen molar-refractivity contribution < 1.29 is 0 Å². The largest absolute Gasteiger partial charge is 0.341 e. The molecular weight excluding hydrogens is 302 g/mol. The second-order valence-corrected chi connectivity index (χ2v) is 6.90. The summed E-state index contributed by atoms with van der Waals surface area (Å²) in [4.78, 5) is 0. The molecule has 0 aliphatic carbocycles. The first kappa shape index (κ1) is 16.0. The molecule has 0 bridgehead atoms. The van der Waals surface area contributed by atoms with Crippen LogP contribution in [0.4, 0.5) is 0 Å². The van der Waals surface area contributed by atoms with Crippen LogP contribution in [0.1, 0.15) is 36.1 Å². The normalized spacial score (nSPS) is 11.5. The highest BCUT2D eigenvalue weighted by Gasteiger charge is 2.11. The van der Waals surface area contributed by atoms with Gasteiger partial charge in [-0.1, -0.05) is 43.3 Å². The van der Waals surface area contributed by atoms with E-state index in [0.29, 0.717) is 0 Å². The summed E-state index contributed by atoms with van der Waals surface area (Å²) in [5.74, 6) is 0. The van der Waals surface area contributed by atoms with E-state index in [1.165, 1.54) is 44.1 Å². The van der Waals surface area contributed by atoms with Gasteiger partial charge in [0.2, 0.25) is 0 Å². The van der Waals surface area contributed by atoms with Crippen LogP contribution in [0.5, 0.6) is 0 Å². The monoisotopic (exact) mass is 327 g/mol. The zero-order valence-electron chi connectivity index (χ0n) is 15.3. The van der Waals surface area contributed by atoms with Gasteiger partial charge in [0.25, 0.3) is 0 Å². The number of aromatic nitrogens is 1. The molecule has 0 saturated carbocycles.